The number of ether oxygens (including phenoxy) is 1. The average molecular weight is 487 g/mol. The fourth-order valence-corrected chi connectivity index (χ4v) is 5.08. The second-order valence-electron chi connectivity index (χ2n) is 7.64. The molecule has 0 saturated carbocycles. The van der Waals surface area contributed by atoms with Gasteiger partial charge in [0.1, 0.15) is 16.7 Å². The Morgan fingerprint density at radius 2 is 1.67 bits per heavy atom. The average Bonchev–Trinajstić information content (AvgIpc) is 2.77. The normalized spacial score (nSPS) is 12.2. The van der Waals surface area contributed by atoms with Crippen molar-refractivity contribution in [3.05, 3.63) is 88.4 Å². The van der Waals surface area contributed by atoms with Crippen LogP contribution in [0.25, 0.3) is 0 Å². The van der Waals surface area contributed by atoms with E-state index in [9.17, 15) is 13.2 Å². The van der Waals surface area contributed by atoms with Crippen LogP contribution in [0.15, 0.2) is 71.6 Å². The number of carbonyl (C=O) groups is 1. The predicted molar refractivity (Wildman–Crippen MR) is 131 cm³/mol. The monoisotopic (exact) mass is 486 g/mol. The van der Waals surface area contributed by atoms with E-state index in [0.29, 0.717) is 5.69 Å². The molecule has 0 radical (unpaired) electrons. The number of nitrogens with one attached hydrogen (secondary N) is 2. The van der Waals surface area contributed by atoms with Crippen LogP contribution in [0.2, 0.25) is 5.02 Å². The Labute approximate surface area is 200 Å². The van der Waals surface area contributed by atoms with Crippen LogP contribution in [0, 0.1) is 13.8 Å². The third-order valence-electron chi connectivity index (χ3n) is 5.12. The molecule has 0 bridgehead atoms. The zero-order valence-electron chi connectivity index (χ0n) is 18.8. The lowest BCUT2D eigenvalue weighted by Gasteiger charge is -2.21. The summed E-state index contributed by atoms with van der Waals surface area (Å²) in [4.78, 5) is 13.2. The molecule has 1 amide bonds. The highest BCUT2D eigenvalue weighted by molar-refractivity contribution is 7.89. The molecule has 0 aromatic heterocycles. The Hall–Kier alpha value is -2.87. The summed E-state index contributed by atoms with van der Waals surface area (Å²) >= 11 is 6.07. The Morgan fingerprint density at radius 1 is 1.00 bits per heavy atom. The molecule has 0 aliphatic heterocycles. The molecule has 3 aromatic carbocycles. The van der Waals surface area contributed by atoms with E-state index in [1.165, 1.54) is 12.1 Å². The van der Waals surface area contributed by atoms with Crippen molar-refractivity contribution in [3.8, 4) is 5.75 Å². The molecule has 3 rings (SSSR count). The summed E-state index contributed by atoms with van der Waals surface area (Å²) < 4.78 is 34.7. The summed E-state index contributed by atoms with van der Waals surface area (Å²) in [6.07, 6.45) is 0.168. The molecule has 174 valence electrons. The predicted octanol–water partition coefficient (Wildman–Crippen LogP) is 4.88. The van der Waals surface area contributed by atoms with Gasteiger partial charge in [0.25, 0.3) is 0 Å². The molecule has 33 heavy (non-hydrogen) atoms. The van der Waals surface area contributed by atoms with Gasteiger partial charge in [-0.15, -0.1) is 0 Å². The number of para-hydroxylation sites is 1. The Kier molecular flexibility index (Phi) is 8.13. The quantitative estimate of drug-likeness (QED) is 0.451. The van der Waals surface area contributed by atoms with E-state index in [1.54, 1.807) is 13.0 Å². The second kappa shape index (κ2) is 10.8. The van der Waals surface area contributed by atoms with Gasteiger partial charge < -0.3 is 10.1 Å². The molecule has 2 N–H and O–H groups in total. The van der Waals surface area contributed by atoms with E-state index in [-0.39, 0.29) is 28.7 Å². The number of halogens is 1. The van der Waals surface area contributed by atoms with Crippen LogP contribution in [-0.4, -0.2) is 27.0 Å². The molecular weight excluding hydrogens is 460 g/mol. The van der Waals surface area contributed by atoms with Gasteiger partial charge >= 0.3 is 0 Å². The minimum Gasteiger partial charge on any atom is -0.492 e. The minimum atomic E-state index is -4.13. The van der Waals surface area contributed by atoms with Crippen LogP contribution in [0.4, 0.5) is 5.69 Å². The Balaban J connectivity index is 1.96. The maximum Gasteiger partial charge on any atom is 0.245 e. The zero-order chi connectivity index (χ0) is 24.0. The molecule has 0 spiro atoms. The van der Waals surface area contributed by atoms with E-state index in [0.717, 1.165) is 16.7 Å². The van der Waals surface area contributed by atoms with Crippen molar-refractivity contribution in [2.75, 3.05) is 11.9 Å². The van der Waals surface area contributed by atoms with Crippen molar-refractivity contribution in [3.63, 3.8) is 0 Å². The number of hydrogen-bond donors (Lipinski definition) is 2. The van der Waals surface area contributed by atoms with Crippen LogP contribution < -0.4 is 14.8 Å². The van der Waals surface area contributed by atoms with Gasteiger partial charge in [-0.3, -0.25) is 4.79 Å². The molecule has 0 heterocycles. The fourth-order valence-electron chi connectivity index (χ4n) is 3.48. The molecular formula is C25H27ClN2O4S. The number of anilines is 1. The van der Waals surface area contributed by atoms with Gasteiger partial charge in [0.2, 0.25) is 15.9 Å². The number of carbonyl (C=O) groups excluding carboxylic acids is 1. The molecule has 0 aliphatic rings. The van der Waals surface area contributed by atoms with Gasteiger partial charge in [-0.1, -0.05) is 60.1 Å². The van der Waals surface area contributed by atoms with E-state index in [1.807, 2.05) is 62.4 Å². The lowest BCUT2D eigenvalue weighted by atomic mass is 10.0. The Bertz CT molecular complexity index is 1210. The molecule has 0 saturated heterocycles. The largest absolute Gasteiger partial charge is 0.492 e. The molecule has 6 nitrogen and oxygen atoms in total. The number of sulfonamides is 1. The highest BCUT2D eigenvalue weighted by Crippen LogP contribution is 2.28. The van der Waals surface area contributed by atoms with Crippen molar-refractivity contribution in [2.24, 2.45) is 0 Å². The maximum atomic E-state index is 13.3. The molecule has 8 heteroatoms. The minimum absolute atomic E-state index is 0.116. The third kappa shape index (κ3) is 6.35. The van der Waals surface area contributed by atoms with Crippen LogP contribution in [0.1, 0.15) is 23.6 Å². The van der Waals surface area contributed by atoms with Crippen molar-refractivity contribution in [1.82, 2.24) is 4.72 Å². The van der Waals surface area contributed by atoms with Crippen molar-refractivity contribution >= 4 is 33.2 Å². The van der Waals surface area contributed by atoms with E-state index in [4.69, 9.17) is 16.3 Å². The van der Waals surface area contributed by atoms with Gasteiger partial charge in [-0.05, 0) is 62.1 Å². The second-order valence-corrected chi connectivity index (χ2v) is 9.76. The first kappa shape index (κ1) is 24.8. The van der Waals surface area contributed by atoms with E-state index in [2.05, 4.69) is 10.0 Å². The molecule has 3 aromatic rings. The topological polar surface area (TPSA) is 84.5 Å². The maximum absolute atomic E-state index is 13.3. The van der Waals surface area contributed by atoms with Crippen LogP contribution in [0.5, 0.6) is 5.75 Å². The number of benzene rings is 3. The SMILES string of the molecule is CCOc1ccc(Cl)cc1S(=O)(=O)NC(Cc1ccccc1)C(=O)Nc1c(C)cccc1C. The van der Waals surface area contributed by atoms with Gasteiger partial charge in [-0.2, -0.15) is 4.72 Å². The summed E-state index contributed by atoms with van der Waals surface area (Å²) in [5, 5.41) is 3.15. The molecule has 1 unspecified atom stereocenters. The number of aryl methyl sites for hydroxylation is 2. The van der Waals surface area contributed by atoms with Gasteiger partial charge in [0.05, 0.1) is 6.61 Å². The Morgan fingerprint density at radius 3 is 2.30 bits per heavy atom. The lowest BCUT2D eigenvalue weighted by molar-refractivity contribution is -0.117. The first-order chi connectivity index (χ1) is 15.7. The zero-order valence-corrected chi connectivity index (χ0v) is 20.3. The van der Waals surface area contributed by atoms with Crippen LogP contribution >= 0.6 is 11.6 Å². The number of hydrogen-bond acceptors (Lipinski definition) is 4. The first-order valence-corrected chi connectivity index (χ1v) is 12.4. The van der Waals surface area contributed by atoms with Gasteiger partial charge in [-0.25, -0.2) is 8.42 Å². The molecule has 0 aliphatic carbocycles. The van der Waals surface area contributed by atoms with Crippen LogP contribution in [0.3, 0.4) is 0 Å². The highest BCUT2D eigenvalue weighted by Gasteiger charge is 2.29. The van der Waals surface area contributed by atoms with Crippen molar-refractivity contribution in [2.45, 2.75) is 38.1 Å². The number of rotatable bonds is 9. The van der Waals surface area contributed by atoms with Gasteiger partial charge in [0.15, 0.2) is 0 Å². The van der Waals surface area contributed by atoms with E-state index >= 15 is 0 Å². The van der Waals surface area contributed by atoms with Crippen molar-refractivity contribution in [1.29, 1.82) is 0 Å². The standard InChI is InChI=1S/C25H27ClN2O4S/c1-4-32-22-14-13-20(26)16-23(22)33(30,31)28-21(15-19-11-6-5-7-12-19)25(29)27-24-17(2)9-8-10-18(24)3/h5-14,16,21,28H,4,15H2,1-3H3,(H,27,29). The summed E-state index contributed by atoms with van der Waals surface area (Å²) in [5.41, 5.74) is 3.26. The fraction of sp³-hybridized carbons (Fsp3) is 0.240. The molecule has 1 atom stereocenters. The summed E-state index contributed by atoms with van der Waals surface area (Å²) in [7, 11) is -4.13. The number of amides is 1. The summed E-state index contributed by atoms with van der Waals surface area (Å²) in [6.45, 7) is 5.82. The summed E-state index contributed by atoms with van der Waals surface area (Å²) in [5.74, 6) is -0.289. The lowest BCUT2D eigenvalue weighted by Crippen LogP contribution is -2.45. The van der Waals surface area contributed by atoms with E-state index < -0.39 is 22.0 Å². The van der Waals surface area contributed by atoms with Crippen molar-refractivity contribution < 1.29 is 17.9 Å². The highest BCUT2D eigenvalue weighted by atomic mass is 35.5. The summed E-state index contributed by atoms with van der Waals surface area (Å²) in [6, 6.07) is 18.2. The smallest absolute Gasteiger partial charge is 0.245 e. The van der Waals surface area contributed by atoms with Crippen LogP contribution in [-0.2, 0) is 21.2 Å². The molecule has 0 fully saturated rings. The van der Waals surface area contributed by atoms with Gasteiger partial charge in [0, 0.05) is 10.7 Å². The first-order valence-electron chi connectivity index (χ1n) is 10.6. The third-order valence-corrected chi connectivity index (χ3v) is 6.85.